The predicted molar refractivity (Wildman–Crippen MR) is 79.8 cm³/mol. The van der Waals surface area contributed by atoms with Crippen LogP contribution in [-0.2, 0) is 4.79 Å². The zero-order chi connectivity index (χ0) is 14.6. The Bertz CT molecular complexity index is 450. The quantitative estimate of drug-likeness (QED) is 0.868. The summed E-state index contributed by atoms with van der Waals surface area (Å²) >= 11 is 0. The number of carbonyl (C=O) groups is 1. The standard InChI is InChI=1S/C16H24N2O2/c1-4-16(10-5-11-17-16)15(19)18-12(2)13-6-8-14(20-3)9-7-13/h6-9,12,17H,4-5,10-11H2,1-3H3,(H,18,19)/t12-,16?/m0/s1. The van der Waals surface area contributed by atoms with Crippen LogP contribution in [0, 0.1) is 0 Å². The van der Waals surface area contributed by atoms with Gasteiger partial charge in [-0.25, -0.2) is 0 Å². The van der Waals surface area contributed by atoms with Gasteiger partial charge in [-0.1, -0.05) is 19.1 Å². The Morgan fingerprint density at radius 1 is 1.45 bits per heavy atom. The number of methoxy groups -OCH3 is 1. The first-order chi connectivity index (χ1) is 9.61. The van der Waals surface area contributed by atoms with Crippen LogP contribution in [-0.4, -0.2) is 25.1 Å². The van der Waals surface area contributed by atoms with E-state index in [0.717, 1.165) is 37.1 Å². The van der Waals surface area contributed by atoms with Crippen LogP contribution >= 0.6 is 0 Å². The summed E-state index contributed by atoms with van der Waals surface area (Å²) in [6, 6.07) is 7.82. The van der Waals surface area contributed by atoms with Crippen molar-refractivity contribution in [2.75, 3.05) is 13.7 Å². The summed E-state index contributed by atoms with van der Waals surface area (Å²) in [6.45, 7) is 5.01. The third kappa shape index (κ3) is 2.96. The summed E-state index contributed by atoms with van der Waals surface area (Å²) < 4.78 is 5.15. The number of nitrogens with one attached hydrogen (secondary N) is 2. The second-order valence-corrected chi connectivity index (χ2v) is 5.43. The molecule has 0 spiro atoms. The van der Waals surface area contributed by atoms with Gasteiger partial charge in [-0.2, -0.15) is 0 Å². The lowest BCUT2D eigenvalue weighted by Crippen LogP contribution is -2.53. The van der Waals surface area contributed by atoms with E-state index in [0.29, 0.717) is 0 Å². The molecule has 20 heavy (non-hydrogen) atoms. The van der Waals surface area contributed by atoms with Crippen molar-refractivity contribution in [2.45, 2.75) is 44.7 Å². The average Bonchev–Trinajstić information content (AvgIpc) is 2.97. The van der Waals surface area contributed by atoms with Crippen LogP contribution in [0.1, 0.15) is 44.7 Å². The van der Waals surface area contributed by atoms with Crippen molar-refractivity contribution in [3.63, 3.8) is 0 Å². The van der Waals surface area contributed by atoms with Gasteiger partial charge < -0.3 is 15.4 Å². The van der Waals surface area contributed by atoms with Crippen molar-refractivity contribution in [1.29, 1.82) is 0 Å². The second-order valence-electron chi connectivity index (χ2n) is 5.43. The van der Waals surface area contributed by atoms with Crippen molar-refractivity contribution in [2.24, 2.45) is 0 Å². The van der Waals surface area contributed by atoms with Crippen LogP contribution in [0.2, 0.25) is 0 Å². The molecule has 2 rings (SSSR count). The first kappa shape index (κ1) is 14.9. The number of amides is 1. The number of hydrogen-bond acceptors (Lipinski definition) is 3. The summed E-state index contributed by atoms with van der Waals surface area (Å²) in [5.74, 6) is 0.940. The minimum Gasteiger partial charge on any atom is -0.497 e. The maximum absolute atomic E-state index is 12.5. The fourth-order valence-corrected chi connectivity index (χ4v) is 2.77. The van der Waals surface area contributed by atoms with Crippen molar-refractivity contribution < 1.29 is 9.53 Å². The number of hydrogen-bond donors (Lipinski definition) is 2. The molecule has 1 heterocycles. The highest BCUT2D eigenvalue weighted by molar-refractivity contribution is 5.87. The van der Waals surface area contributed by atoms with E-state index in [1.165, 1.54) is 0 Å². The molecule has 2 N–H and O–H groups in total. The topological polar surface area (TPSA) is 50.4 Å². The van der Waals surface area contributed by atoms with Gasteiger partial charge in [0, 0.05) is 0 Å². The zero-order valence-electron chi connectivity index (χ0n) is 12.5. The largest absolute Gasteiger partial charge is 0.497 e. The molecule has 1 saturated heterocycles. The van der Waals surface area contributed by atoms with Gasteiger partial charge in [0.05, 0.1) is 18.7 Å². The fourth-order valence-electron chi connectivity index (χ4n) is 2.77. The van der Waals surface area contributed by atoms with Gasteiger partial charge in [0.15, 0.2) is 0 Å². The summed E-state index contributed by atoms with van der Waals surface area (Å²) in [4.78, 5) is 12.5. The van der Waals surface area contributed by atoms with Gasteiger partial charge in [-0.05, 0) is 50.4 Å². The Balaban J connectivity index is 2.02. The summed E-state index contributed by atoms with van der Waals surface area (Å²) in [5, 5.41) is 6.49. The Hall–Kier alpha value is -1.55. The van der Waals surface area contributed by atoms with Gasteiger partial charge >= 0.3 is 0 Å². The van der Waals surface area contributed by atoms with Crippen molar-refractivity contribution >= 4 is 5.91 Å². The monoisotopic (exact) mass is 276 g/mol. The average molecular weight is 276 g/mol. The van der Waals surface area contributed by atoms with E-state index in [9.17, 15) is 4.79 Å². The molecule has 0 radical (unpaired) electrons. The van der Waals surface area contributed by atoms with Gasteiger partial charge in [0.1, 0.15) is 5.75 Å². The molecule has 110 valence electrons. The van der Waals surface area contributed by atoms with Gasteiger partial charge in [0.2, 0.25) is 5.91 Å². The molecule has 0 aromatic heterocycles. The highest BCUT2D eigenvalue weighted by Crippen LogP contribution is 2.25. The zero-order valence-corrected chi connectivity index (χ0v) is 12.5. The molecule has 2 atom stereocenters. The highest BCUT2D eigenvalue weighted by Gasteiger charge is 2.39. The smallest absolute Gasteiger partial charge is 0.240 e. The molecule has 1 unspecified atom stereocenters. The van der Waals surface area contributed by atoms with E-state index >= 15 is 0 Å². The highest BCUT2D eigenvalue weighted by atomic mass is 16.5. The molecule has 0 saturated carbocycles. The molecular weight excluding hydrogens is 252 g/mol. The number of ether oxygens (including phenoxy) is 1. The van der Waals surface area contributed by atoms with Crippen molar-refractivity contribution in [3.8, 4) is 5.75 Å². The fraction of sp³-hybridized carbons (Fsp3) is 0.562. The van der Waals surface area contributed by atoms with E-state index in [1.54, 1.807) is 7.11 Å². The molecule has 1 amide bonds. The Kier molecular flexibility index (Phi) is 4.65. The summed E-state index contributed by atoms with van der Waals surface area (Å²) in [5.41, 5.74) is 0.712. The molecule has 0 aliphatic carbocycles. The van der Waals surface area contributed by atoms with Crippen LogP contribution in [0.25, 0.3) is 0 Å². The van der Waals surface area contributed by atoms with E-state index in [4.69, 9.17) is 4.74 Å². The lowest BCUT2D eigenvalue weighted by atomic mass is 9.92. The first-order valence-electron chi connectivity index (χ1n) is 7.31. The molecular formula is C16H24N2O2. The van der Waals surface area contributed by atoms with E-state index in [-0.39, 0.29) is 17.5 Å². The normalized spacial score (nSPS) is 23.4. The van der Waals surface area contributed by atoms with Crippen LogP contribution in [0.15, 0.2) is 24.3 Å². The molecule has 1 aliphatic rings. The molecule has 4 nitrogen and oxygen atoms in total. The maximum atomic E-state index is 12.5. The minimum absolute atomic E-state index is 0.000712. The van der Waals surface area contributed by atoms with Gasteiger partial charge in [0.25, 0.3) is 0 Å². The van der Waals surface area contributed by atoms with E-state index in [2.05, 4.69) is 17.6 Å². The van der Waals surface area contributed by atoms with Crippen LogP contribution in [0.5, 0.6) is 5.75 Å². The van der Waals surface area contributed by atoms with Crippen LogP contribution in [0.4, 0.5) is 0 Å². The van der Waals surface area contributed by atoms with Crippen LogP contribution < -0.4 is 15.4 Å². The maximum Gasteiger partial charge on any atom is 0.240 e. The molecule has 4 heteroatoms. The molecule has 1 aromatic rings. The van der Waals surface area contributed by atoms with E-state index in [1.807, 2.05) is 31.2 Å². The number of rotatable bonds is 5. The van der Waals surface area contributed by atoms with Gasteiger partial charge in [-0.3, -0.25) is 4.79 Å². The molecule has 1 fully saturated rings. The second kappa shape index (κ2) is 6.27. The lowest BCUT2D eigenvalue weighted by Gasteiger charge is -2.28. The summed E-state index contributed by atoms with van der Waals surface area (Å²) in [7, 11) is 1.65. The third-order valence-corrected chi connectivity index (χ3v) is 4.25. The van der Waals surface area contributed by atoms with Crippen LogP contribution in [0.3, 0.4) is 0 Å². The molecule has 1 aromatic carbocycles. The first-order valence-corrected chi connectivity index (χ1v) is 7.31. The third-order valence-electron chi connectivity index (χ3n) is 4.25. The van der Waals surface area contributed by atoms with Gasteiger partial charge in [-0.15, -0.1) is 0 Å². The summed E-state index contributed by atoms with van der Waals surface area (Å²) in [6.07, 6.45) is 2.82. The Morgan fingerprint density at radius 3 is 2.65 bits per heavy atom. The number of benzene rings is 1. The lowest BCUT2D eigenvalue weighted by molar-refractivity contribution is -0.128. The molecule has 0 bridgehead atoms. The minimum atomic E-state index is -0.374. The van der Waals surface area contributed by atoms with Crippen molar-refractivity contribution in [3.05, 3.63) is 29.8 Å². The molecule has 1 aliphatic heterocycles. The SMILES string of the molecule is CCC1(C(=O)N[C@@H](C)c2ccc(OC)cc2)CCCN1. The Morgan fingerprint density at radius 2 is 2.15 bits per heavy atom. The Labute approximate surface area is 120 Å². The predicted octanol–water partition coefficient (Wildman–Crippen LogP) is 2.40. The van der Waals surface area contributed by atoms with Crippen molar-refractivity contribution in [1.82, 2.24) is 10.6 Å². The number of carbonyl (C=O) groups excluding carboxylic acids is 1. The van der Waals surface area contributed by atoms with E-state index < -0.39 is 0 Å².